The molecule has 0 spiro atoms. The Morgan fingerprint density at radius 2 is 0.851 bits per heavy atom. The van der Waals surface area contributed by atoms with Crippen molar-refractivity contribution in [3.05, 3.63) is 215 Å². The van der Waals surface area contributed by atoms with Gasteiger partial charge in [-0.05, 0) is 60.0 Å². The molecule has 0 bridgehead atoms. The highest BCUT2D eigenvalue weighted by atomic mass is 16.8. The minimum absolute atomic E-state index is 0.142. The number of esters is 3. The molecule has 2 saturated heterocycles. The summed E-state index contributed by atoms with van der Waals surface area (Å²) in [6, 6.07) is 52.7. The summed E-state index contributed by atoms with van der Waals surface area (Å²) in [5, 5.41) is 0. The minimum Gasteiger partial charge on any atom is -0.459 e. The van der Waals surface area contributed by atoms with Gasteiger partial charge >= 0.3 is 17.9 Å². The highest BCUT2D eigenvalue weighted by molar-refractivity contribution is 5.91. The quantitative estimate of drug-likeness (QED) is 0.0657. The van der Waals surface area contributed by atoms with Crippen molar-refractivity contribution in [2.45, 2.75) is 88.1 Å². The molecule has 2 heterocycles. The molecule has 67 heavy (non-hydrogen) atoms. The fraction of sp³-hybridized carbons (Fsp3) is 0.278. The molecule has 0 unspecified atom stereocenters. The summed E-state index contributed by atoms with van der Waals surface area (Å²) in [7, 11) is 0. The zero-order chi connectivity index (χ0) is 46.4. The first-order chi connectivity index (χ1) is 32.8. The van der Waals surface area contributed by atoms with Crippen molar-refractivity contribution in [1.82, 2.24) is 0 Å². The first-order valence-corrected chi connectivity index (χ1v) is 22.2. The number of rotatable bonds is 18. The number of carbonyl (C=O) groups excluding carboxylic acids is 3. The van der Waals surface area contributed by atoms with Crippen molar-refractivity contribution in [3.8, 4) is 0 Å². The number of carbonyl (C=O) groups is 3. The van der Waals surface area contributed by atoms with E-state index in [4.69, 9.17) is 48.4 Å². The minimum atomic E-state index is -1.44. The third-order valence-corrected chi connectivity index (χ3v) is 11.4. The van der Waals surface area contributed by atoms with Crippen LogP contribution >= 0.6 is 0 Å². The average molecular weight is 908 g/mol. The standard InChI is InChI=1S/C54H53NO12/c1-36-45(59-32-37-20-8-2-9-21-37)48(60-33-38-22-10-3-11-23-38)49(54(63-36)62-34-39-24-12-4-13-25-39)67-53-44(55)47(66-52(58)42-30-18-7-19-31-42)46(65-51(57)41-28-16-6-17-29-41)43(64-53)35-61-50(56)40-26-14-5-15-27-40/h2-31,36,43-49,53-54H,32-35,55H2,1H3/t36-,43+,44-,45-,46+,47+,48+,49+,53-,54+/m0/s1. The van der Waals surface area contributed by atoms with Crippen molar-refractivity contribution in [1.29, 1.82) is 0 Å². The van der Waals surface area contributed by atoms with Gasteiger partial charge in [-0.2, -0.15) is 0 Å². The van der Waals surface area contributed by atoms with Gasteiger partial charge in [0.15, 0.2) is 24.8 Å². The Balaban J connectivity index is 1.16. The van der Waals surface area contributed by atoms with E-state index in [1.165, 1.54) is 0 Å². The largest absolute Gasteiger partial charge is 0.459 e. The van der Waals surface area contributed by atoms with Crippen LogP contribution in [0.2, 0.25) is 0 Å². The van der Waals surface area contributed by atoms with E-state index in [9.17, 15) is 14.4 Å². The number of ether oxygens (including phenoxy) is 9. The van der Waals surface area contributed by atoms with Crippen molar-refractivity contribution in [3.63, 3.8) is 0 Å². The third-order valence-electron chi connectivity index (χ3n) is 11.4. The first-order valence-electron chi connectivity index (χ1n) is 22.2. The van der Waals surface area contributed by atoms with E-state index in [1.807, 2.05) is 97.9 Å². The Labute approximate surface area is 389 Å². The molecule has 6 aromatic rings. The van der Waals surface area contributed by atoms with Crippen LogP contribution in [0.1, 0.15) is 54.7 Å². The van der Waals surface area contributed by atoms with Gasteiger partial charge in [-0.25, -0.2) is 14.4 Å². The van der Waals surface area contributed by atoms with Gasteiger partial charge in [-0.3, -0.25) is 0 Å². The van der Waals surface area contributed by atoms with E-state index in [0.29, 0.717) is 0 Å². The predicted octanol–water partition coefficient (Wildman–Crippen LogP) is 7.86. The third kappa shape index (κ3) is 12.5. The molecule has 8 rings (SSSR count). The van der Waals surface area contributed by atoms with E-state index < -0.39 is 85.9 Å². The Kier molecular flexibility index (Phi) is 16.3. The van der Waals surface area contributed by atoms with Gasteiger partial charge in [-0.1, -0.05) is 146 Å². The molecule has 6 aromatic carbocycles. The monoisotopic (exact) mass is 907 g/mol. The topological polar surface area (TPSA) is 160 Å². The zero-order valence-corrected chi connectivity index (χ0v) is 36.9. The van der Waals surface area contributed by atoms with Crippen LogP contribution < -0.4 is 5.73 Å². The van der Waals surface area contributed by atoms with Gasteiger partial charge in [0.25, 0.3) is 0 Å². The molecule has 0 saturated carbocycles. The number of benzene rings is 6. The number of hydrogen-bond donors (Lipinski definition) is 1. The zero-order valence-electron chi connectivity index (χ0n) is 36.9. The van der Waals surface area contributed by atoms with Crippen LogP contribution in [0.15, 0.2) is 182 Å². The predicted molar refractivity (Wildman–Crippen MR) is 245 cm³/mol. The lowest BCUT2D eigenvalue weighted by atomic mass is 9.95. The molecule has 2 aliphatic heterocycles. The maximum atomic E-state index is 14.0. The Bertz CT molecular complexity index is 2450. The second-order valence-corrected chi connectivity index (χ2v) is 16.2. The van der Waals surface area contributed by atoms with E-state index in [2.05, 4.69) is 0 Å². The smallest absolute Gasteiger partial charge is 0.338 e. The molecule has 346 valence electrons. The van der Waals surface area contributed by atoms with Crippen molar-refractivity contribution < 1.29 is 57.0 Å². The lowest BCUT2D eigenvalue weighted by molar-refractivity contribution is -0.360. The molecular weight excluding hydrogens is 855 g/mol. The van der Waals surface area contributed by atoms with Crippen molar-refractivity contribution in [2.24, 2.45) is 5.73 Å². The fourth-order valence-electron chi connectivity index (χ4n) is 7.93. The summed E-state index contributed by atoms with van der Waals surface area (Å²) < 4.78 is 58.5. The van der Waals surface area contributed by atoms with Gasteiger partial charge in [0.05, 0.1) is 48.7 Å². The normalized spacial score (nSPS) is 24.8. The Morgan fingerprint density at radius 3 is 1.33 bits per heavy atom. The van der Waals surface area contributed by atoms with Crippen LogP contribution in [-0.4, -0.2) is 85.9 Å². The SMILES string of the molecule is C[C@@H]1O[C@@H](OCc2ccccc2)[C@H](O[C@@H]2O[C@H](COC(=O)c3ccccc3)[C@@H](OC(=O)c3ccccc3)[C@H](OC(=O)c3ccccc3)[C@@H]2N)[C@H](OCc2ccccc2)[C@H]1OCc1ccccc1. The van der Waals surface area contributed by atoms with Crippen LogP contribution in [-0.2, 0) is 62.5 Å². The van der Waals surface area contributed by atoms with Gasteiger partial charge in [-0.15, -0.1) is 0 Å². The van der Waals surface area contributed by atoms with Crippen LogP contribution in [0.25, 0.3) is 0 Å². The second-order valence-electron chi connectivity index (χ2n) is 16.2. The number of hydrogen-bond acceptors (Lipinski definition) is 13. The Morgan fingerprint density at radius 1 is 0.448 bits per heavy atom. The average Bonchev–Trinajstić information content (AvgIpc) is 3.38. The summed E-state index contributed by atoms with van der Waals surface area (Å²) in [4.78, 5) is 41.3. The molecule has 0 aliphatic carbocycles. The highest BCUT2D eigenvalue weighted by Crippen LogP contribution is 2.35. The molecule has 2 N–H and O–H groups in total. The summed E-state index contributed by atoms with van der Waals surface area (Å²) in [6.45, 7) is 1.96. The molecule has 13 heteroatoms. The van der Waals surface area contributed by atoms with Crippen molar-refractivity contribution >= 4 is 17.9 Å². The summed E-state index contributed by atoms with van der Waals surface area (Å²) in [6.07, 6.45) is -9.92. The lowest BCUT2D eigenvalue weighted by Gasteiger charge is -2.49. The van der Waals surface area contributed by atoms with Gasteiger partial charge in [0.2, 0.25) is 0 Å². The first kappa shape index (κ1) is 47.0. The van der Waals surface area contributed by atoms with Gasteiger partial charge in [0, 0.05) is 0 Å². The molecular formula is C54H53NO12. The van der Waals surface area contributed by atoms with E-state index in [1.54, 1.807) is 91.0 Å². The summed E-state index contributed by atoms with van der Waals surface area (Å²) in [5.74, 6) is -2.17. The molecule has 2 fully saturated rings. The van der Waals surface area contributed by atoms with E-state index in [-0.39, 0.29) is 36.5 Å². The van der Waals surface area contributed by atoms with Gasteiger partial charge < -0.3 is 48.4 Å². The van der Waals surface area contributed by atoms with Crippen LogP contribution in [0.4, 0.5) is 0 Å². The van der Waals surface area contributed by atoms with Crippen LogP contribution in [0, 0.1) is 0 Å². The molecule has 13 nitrogen and oxygen atoms in total. The van der Waals surface area contributed by atoms with Crippen molar-refractivity contribution in [2.75, 3.05) is 6.61 Å². The molecule has 0 aromatic heterocycles. The van der Waals surface area contributed by atoms with Crippen LogP contribution in [0.3, 0.4) is 0 Å². The highest BCUT2D eigenvalue weighted by Gasteiger charge is 2.54. The van der Waals surface area contributed by atoms with Gasteiger partial charge in [0.1, 0.15) is 31.0 Å². The maximum absolute atomic E-state index is 14.0. The summed E-state index contributed by atoms with van der Waals surface area (Å²) >= 11 is 0. The van der Waals surface area contributed by atoms with E-state index >= 15 is 0 Å². The summed E-state index contributed by atoms with van der Waals surface area (Å²) in [5.41, 5.74) is 10.5. The molecule has 2 aliphatic rings. The lowest BCUT2D eigenvalue weighted by Crippen LogP contribution is -2.67. The maximum Gasteiger partial charge on any atom is 0.338 e. The fourth-order valence-corrected chi connectivity index (χ4v) is 7.93. The molecule has 10 atom stereocenters. The van der Waals surface area contributed by atoms with Crippen LogP contribution in [0.5, 0.6) is 0 Å². The molecule has 0 amide bonds. The van der Waals surface area contributed by atoms with E-state index in [0.717, 1.165) is 16.7 Å². The number of nitrogens with two attached hydrogens (primary N) is 1. The molecule has 0 radical (unpaired) electrons. The Hall–Kier alpha value is -6.55. The second kappa shape index (κ2) is 23.3.